The van der Waals surface area contributed by atoms with E-state index in [1.807, 2.05) is 4.90 Å². The van der Waals surface area contributed by atoms with Gasteiger partial charge in [-0.1, -0.05) is 12.1 Å². The van der Waals surface area contributed by atoms with Gasteiger partial charge in [-0.3, -0.25) is 14.6 Å². The van der Waals surface area contributed by atoms with Crippen LogP contribution in [0.4, 0.5) is 0 Å². The predicted octanol–water partition coefficient (Wildman–Crippen LogP) is 1.38. The molecule has 21 heavy (non-hydrogen) atoms. The average Bonchev–Trinajstić information content (AvgIpc) is 2.44. The van der Waals surface area contributed by atoms with Gasteiger partial charge in [0.25, 0.3) is 0 Å². The number of rotatable bonds is 6. The Balaban J connectivity index is 1.70. The van der Waals surface area contributed by atoms with Crippen molar-refractivity contribution in [3.63, 3.8) is 0 Å². The van der Waals surface area contributed by atoms with E-state index >= 15 is 0 Å². The lowest BCUT2D eigenvalue weighted by molar-refractivity contribution is -0.138. The van der Waals surface area contributed by atoms with Crippen molar-refractivity contribution in [3.05, 3.63) is 29.3 Å². The van der Waals surface area contributed by atoms with Gasteiger partial charge in [-0.15, -0.1) is 0 Å². The number of hydrogen-bond donors (Lipinski definition) is 1. The Morgan fingerprint density at radius 1 is 1.19 bits per heavy atom. The first-order valence-electron chi connectivity index (χ1n) is 7.41. The van der Waals surface area contributed by atoms with Gasteiger partial charge in [0.1, 0.15) is 12.4 Å². The maximum atomic E-state index is 10.7. The second-order valence-electron chi connectivity index (χ2n) is 5.63. The van der Waals surface area contributed by atoms with Crippen LogP contribution in [0.25, 0.3) is 0 Å². The van der Waals surface area contributed by atoms with Gasteiger partial charge in [0.2, 0.25) is 0 Å². The summed E-state index contributed by atoms with van der Waals surface area (Å²) < 4.78 is 5.86. The summed E-state index contributed by atoms with van der Waals surface area (Å²) in [7, 11) is 0. The van der Waals surface area contributed by atoms with E-state index in [2.05, 4.69) is 36.9 Å². The monoisotopic (exact) mass is 292 g/mol. The highest BCUT2D eigenvalue weighted by Gasteiger charge is 2.18. The van der Waals surface area contributed by atoms with Crippen molar-refractivity contribution >= 4 is 5.97 Å². The minimum Gasteiger partial charge on any atom is -0.492 e. The van der Waals surface area contributed by atoms with E-state index in [1.54, 1.807) is 0 Å². The molecule has 1 saturated heterocycles. The van der Waals surface area contributed by atoms with Crippen LogP contribution in [0, 0.1) is 13.8 Å². The van der Waals surface area contributed by atoms with E-state index in [0.717, 1.165) is 44.0 Å². The molecule has 0 saturated carbocycles. The zero-order chi connectivity index (χ0) is 15.2. The maximum Gasteiger partial charge on any atom is 0.317 e. The summed E-state index contributed by atoms with van der Waals surface area (Å²) in [5.74, 6) is 0.209. The van der Waals surface area contributed by atoms with Crippen LogP contribution >= 0.6 is 0 Å². The molecule has 1 aromatic carbocycles. The third-order valence-electron chi connectivity index (χ3n) is 3.83. The van der Waals surface area contributed by atoms with E-state index in [9.17, 15) is 4.79 Å². The fraction of sp³-hybridized carbons (Fsp3) is 0.562. The second kappa shape index (κ2) is 7.43. The predicted molar refractivity (Wildman–Crippen MR) is 81.9 cm³/mol. The largest absolute Gasteiger partial charge is 0.492 e. The minimum atomic E-state index is -0.748. The van der Waals surface area contributed by atoms with Crippen molar-refractivity contribution < 1.29 is 14.6 Å². The van der Waals surface area contributed by atoms with Gasteiger partial charge in [0, 0.05) is 32.7 Å². The number of benzene rings is 1. The average molecular weight is 292 g/mol. The van der Waals surface area contributed by atoms with Crippen molar-refractivity contribution in [2.75, 3.05) is 45.9 Å². The highest BCUT2D eigenvalue weighted by atomic mass is 16.5. The van der Waals surface area contributed by atoms with Crippen LogP contribution in [-0.2, 0) is 4.79 Å². The quantitative estimate of drug-likeness (QED) is 0.858. The van der Waals surface area contributed by atoms with Gasteiger partial charge < -0.3 is 9.84 Å². The Morgan fingerprint density at radius 3 is 2.52 bits per heavy atom. The smallest absolute Gasteiger partial charge is 0.317 e. The normalized spacial score (nSPS) is 16.9. The summed E-state index contributed by atoms with van der Waals surface area (Å²) in [5, 5.41) is 8.77. The Hall–Kier alpha value is -1.59. The molecule has 1 aliphatic rings. The molecular weight excluding hydrogens is 268 g/mol. The molecule has 0 radical (unpaired) electrons. The summed E-state index contributed by atoms with van der Waals surface area (Å²) >= 11 is 0. The SMILES string of the molecule is Cc1ccc(C)c(OCCN2CCN(CC(=O)O)CC2)c1. The van der Waals surface area contributed by atoms with Crippen LogP contribution in [0.1, 0.15) is 11.1 Å². The number of piperazine rings is 1. The van der Waals surface area contributed by atoms with Crippen LogP contribution in [0.3, 0.4) is 0 Å². The lowest BCUT2D eigenvalue weighted by Gasteiger charge is -2.33. The molecule has 0 unspecified atom stereocenters. The molecule has 1 fully saturated rings. The summed E-state index contributed by atoms with van der Waals surface area (Å²) in [6, 6.07) is 6.24. The molecule has 0 amide bonds. The highest BCUT2D eigenvalue weighted by molar-refractivity contribution is 5.69. The lowest BCUT2D eigenvalue weighted by Crippen LogP contribution is -2.48. The highest BCUT2D eigenvalue weighted by Crippen LogP contribution is 2.19. The molecule has 116 valence electrons. The molecule has 1 N–H and O–H groups in total. The molecular formula is C16H24N2O3. The zero-order valence-corrected chi connectivity index (χ0v) is 12.8. The lowest BCUT2D eigenvalue weighted by atomic mass is 10.1. The second-order valence-corrected chi connectivity index (χ2v) is 5.63. The van der Waals surface area contributed by atoms with Gasteiger partial charge in [0.05, 0.1) is 6.54 Å². The molecule has 1 heterocycles. The van der Waals surface area contributed by atoms with E-state index in [-0.39, 0.29) is 6.54 Å². The topological polar surface area (TPSA) is 53.0 Å². The van der Waals surface area contributed by atoms with Crippen molar-refractivity contribution in [1.29, 1.82) is 0 Å². The van der Waals surface area contributed by atoms with Crippen LogP contribution in [0.2, 0.25) is 0 Å². The number of carboxylic acids is 1. The molecule has 0 bridgehead atoms. The van der Waals surface area contributed by atoms with Gasteiger partial charge in [0.15, 0.2) is 0 Å². The summed E-state index contributed by atoms with van der Waals surface area (Å²) in [5.41, 5.74) is 2.37. The first-order chi connectivity index (χ1) is 10.0. The Kier molecular flexibility index (Phi) is 5.59. The number of hydrogen-bond acceptors (Lipinski definition) is 4. The van der Waals surface area contributed by atoms with E-state index < -0.39 is 5.97 Å². The number of carboxylic acid groups (broad SMARTS) is 1. The maximum absolute atomic E-state index is 10.7. The molecule has 5 heteroatoms. The van der Waals surface area contributed by atoms with Gasteiger partial charge in [-0.25, -0.2) is 0 Å². The first-order valence-corrected chi connectivity index (χ1v) is 7.41. The molecule has 1 aromatic rings. The number of aliphatic carboxylic acids is 1. The summed E-state index contributed by atoms with van der Waals surface area (Å²) in [6.07, 6.45) is 0. The fourth-order valence-corrected chi connectivity index (χ4v) is 2.51. The first kappa shape index (κ1) is 15.8. The molecule has 1 aliphatic heterocycles. The summed E-state index contributed by atoms with van der Waals surface area (Å²) in [6.45, 7) is 9.26. The Labute approximate surface area is 126 Å². The standard InChI is InChI=1S/C16H24N2O3/c1-13-3-4-14(2)15(11-13)21-10-9-17-5-7-18(8-6-17)12-16(19)20/h3-4,11H,5-10,12H2,1-2H3,(H,19,20). The fourth-order valence-electron chi connectivity index (χ4n) is 2.51. The van der Waals surface area contributed by atoms with Crippen molar-refractivity contribution in [2.24, 2.45) is 0 Å². The molecule has 0 atom stereocenters. The number of carbonyl (C=O) groups is 1. The van der Waals surface area contributed by atoms with Gasteiger partial charge in [-0.2, -0.15) is 0 Å². The van der Waals surface area contributed by atoms with Crippen LogP contribution in [-0.4, -0.2) is 66.8 Å². The molecule has 0 spiro atoms. The Bertz CT molecular complexity index is 482. The number of ether oxygens (including phenoxy) is 1. The van der Waals surface area contributed by atoms with Gasteiger partial charge in [-0.05, 0) is 31.0 Å². The van der Waals surface area contributed by atoms with Gasteiger partial charge >= 0.3 is 5.97 Å². The van der Waals surface area contributed by atoms with Crippen LogP contribution in [0.15, 0.2) is 18.2 Å². The number of nitrogens with zero attached hydrogens (tertiary/aromatic N) is 2. The van der Waals surface area contributed by atoms with E-state index in [0.29, 0.717) is 6.61 Å². The molecule has 0 aromatic heterocycles. The number of aryl methyl sites for hydroxylation is 2. The third kappa shape index (κ3) is 5.02. The third-order valence-corrected chi connectivity index (χ3v) is 3.83. The van der Waals surface area contributed by atoms with Crippen LogP contribution in [0.5, 0.6) is 5.75 Å². The zero-order valence-electron chi connectivity index (χ0n) is 12.8. The van der Waals surface area contributed by atoms with Crippen molar-refractivity contribution in [1.82, 2.24) is 9.80 Å². The molecule has 0 aliphatic carbocycles. The van der Waals surface area contributed by atoms with E-state index in [1.165, 1.54) is 5.56 Å². The Morgan fingerprint density at radius 2 is 1.86 bits per heavy atom. The molecule has 5 nitrogen and oxygen atoms in total. The van der Waals surface area contributed by atoms with Crippen molar-refractivity contribution in [2.45, 2.75) is 13.8 Å². The van der Waals surface area contributed by atoms with Crippen molar-refractivity contribution in [3.8, 4) is 5.75 Å². The van der Waals surface area contributed by atoms with E-state index in [4.69, 9.17) is 9.84 Å². The summed E-state index contributed by atoms with van der Waals surface area (Å²) in [4.78, 5) is 15.0. The van der Waals surface area contributed by atoms with Crippen LogP contribution < -0.4 is 4.74 Å². The minimum absolute atomic E-state index is 0.146. The molecule has 2 rings (SSSR count).